The van der Waals surface area contributed by atoms with Gasteiger partial charge in [0.15, 0.2) is 0 Å². The van der Waals surface area contributed by atoms with Crippen molar-refractivity contribution in [1.29, 1.82) is 0 Å². The second-order valence-corrected chi connectivity index (χ2v) is 8.35. The number of hydrogen-bond acceptors (Lipinski definition) is 4. The van der Waals surface area contributed by atoms with Gasteiger partial charge in [-0.25, -0.2) is 8.42 Å². The molecular weight excluding hydrogens is 316 g/mol. The van der Waals surface area contributed by atoms with Crippen molar-refractivity contribution in [1.82, 2.24) is 9.62 Å². The summed E-state index contributed by atoms with van der Waals surface area (Å²) in [6, 6.07) is 5.42. The van der Waals surface area contributed by atoms with Gasteiger partial charge in [-0.15, -0.1) is 11.3 Å². The lowest BCUT2D eigenvalue weighted by molar-refractivity contribution is 0.360. The molecule has 0 amide bonds. The van der Waals surface area contributed by atoms with Crippen molar-refractivity contribution < 1.29 is 8.42 Å². The van der Waals surface area contributed by atoms with E-state index in [1.807, 2.05) is 13.0 Å². The number of fused-ring (bicyclic) bond motifs is 1. The van der Waals surface area contributed by atoms with Gasteiger partial charge in [0.05, 0.1) is 0 Å². The number of benzene rings is 1. The van der Waals surface area contributed by atoms with Gasteiger partial charge < -0.3 is 5.32 Å². The van der Waals surface area contributed by atoms with Gasteiger partial charge in [0, 0.05) is 46.2 Å². The van der Waals surface area contributed by atoms with Crippen LogP contribution in [0, 0.1) is 6.92 Å². The number of sulfonamides is 1. The maximum Gasteiger partial charge on any atom is 0.244 e. The van der Waals surface area contributed by atoms with Gasteiger partial charge in [-0.1, -0.05) is 11.6 Å². The van der Waals surface area contributed by atoms with Gasteiger partial charge in [0.1, 0.15) is 4.90 Å². The molecule has 20 heavy (non-hydrogen) atoms. The number of thiophene rings is 1. The SMILES string of the molecule is Cc1sc2ccc(Cl)cc2c1S(=O)(=O)N1CCNCC1. The number of halogens is 1. The first-order chi connectivity index (χ1) is 9.50. The van der Waals surface area contributed by atoms with E-state index in [0.717, 1.165) is 15.0 Å². The zero-order chi connectivity index (χ0) is 14.3. The second kappa shape index (κ2) is 5.27. The summed E-state index contributed by atoms with van der Waals surface area (Å²) in [6.45, 7) is 4.27. The summed E-state index contributed by atoms with van der Waals surface area (Å²) in [4.78, 5) is 1.24. The van der Waals surface area contributed by atoms with E-state index in [4.69, 9.17) is 11.6 Å². The largest absolute Gasteiger partial charge is 0.314 e. The van der Waals surface area contributed by atoms with Gasteiger partial charge in [0.2, 0.25) is 10.0 Å². The van der Waals surface area contributed by atoms with Gasteiger partial charge in [0.25, 0.3) is 0 Å². The molecule has 1 aliphatic rings. The van der Waals surface area contributed by atoms with E-state index in [2.05, 4.69) is 5.32 Å². The van der Waals surface area contributed by atoms with Gasteiger partial charge in [-0.2, -0.15) is 4.31 Å². The number of rotatable bonds is 2. The van der Waals surface area contributed by atoms with Crippen molar-refractivity contribution in [2.75, 3.05) is 26.2 Å². The highest BCUT2D eigenvalue weighted by molar-refractivity contribution is 7.89. The van der Waals surface area contributed by atoms with E-state index in [9.17, 15) is 8.42 Å². The number of piperazine rings is 1. The van der Waals surface area contributed by atoms with E-state index in [1.54, 1.807) is 16.4 Å². The molecule has 0 aliphatic carbocycles. The first kappa shape index (κ1) is 14.3. The minimum atomic E-state index is -3.45. The maximum atomic E-state index is 12.9. The molecule has 0 spiro atoms. The molecule has 0 atom stereocenters. The summed E-state index contributed by atoms with van der Waals surface area (Å²) in [7, 11) is -3.45. The van der Waals surface area contributed by atoms with Crippen LogP contribution in [-0.2, 0) is 10.0 Å². The molecule has 2 heterocycles. The summed E-state index contributed by atoms with van der Waals surface area (Å²) in [6.07, 6.45) is 0. The first-order valence-electron chi connectivity index (χ1n) is 6.39. The predicted octanol–water partition coefficient (Wildman–Crippen LogP) is 2.46. The molecule has 7 heteroatoms. The molecule has 0 bridgehead atoms. The normalized spacial score (nSPS) is 17.7. The molecule has 0 radical (unpaired) electrons. The van der Waals surface area contributed by atoms with Crippen LogP contribution in [0.25, 0.3) is 10.1 Å². The smallest absolute Gasteiger partial charge is 0.244 e. The Morgan fingerprint density at radius 1 is 1.30 bits per heavy atom. The molecule has 3 rings (SSSR count). The summed E-state index contributed by atoms with van der Waals surface area (Å²) in [5, 5.41) is 4.47. The van der Waals surface area contributed by atoms with Gasteiger partial charge in [-0.3, -0.25) is 0 Å². The summed E-state index contributed by atoms with van der Waals surface area (Å²) < 4.78 is 28.2. The van der Waals surface area contributed by atoms with Crippen LogP contribution in [0.2, 0.25) is 5.02 Å². The molecule has 1 aromatic heterocycles. The third kappa shape index (κ3) is 2.35. The van der Waals surface area contributed by atoms with Crippen LogP contribution >= 0.6 is 22.9 Å². The van der Waals surface area contributed by atoms with Crippen LogP contribution in [0.4, 0.5) is 0 Å². The number of hydrogen-bond donors (Lipinski definition) is 1. The molecule has 4 nitrogen and oxygen atoms in total. The summed E-state index contributed by atoms with van der Waals surface area (Å²) in [5.41, 5.74) is 0. The maximum absolute atomic E-state index is 12.9. The molecule has 2 aromatic rings. The lowest BCUT2D eigenvalue weighted by Gasteiger charge is -2.26. The van der Waals surface area contributed by atoms with Crippen LogP contribution in [0.5, 0.6) is 0 Å². The Hall–Kier alpha value is -0.660. The molecule has 1 aromatic carbocycles. The van der Waals surface area contributed by atoms with Crippen LogP contribution in [0.3, 0.4) is 0 Å². The molecule has 1 aliphatic heterocycles. The molecule has 0 saturated carbocycles. The highest BCUT2D eigenvalue weighted by Crippen LogP contribution is 2.37. The monoisotopic (exact) mass is 330 g/mol. The summed E-state index contributed by atoms with van der Waals surface area (Å²) >= 11 is 7.52. The second-order valence-electron chi connectivity index (χ2n) is 4.78. The zero-order valence-corrected chi connectivity index (χ0v) is 13.4. The van der Waals surface area contributed by atoms with Crippen LogP contribution in [-0.4, -0.2) is 38.9 Å². The fraction of sp³-hybridized carbons (Fsp3) is 0.385. The fourth-order valence-corrected chi connectivity index (χ4v) is 5.85. The minimum absolute atomic E-state index is 0.418. The van der Waals surface area contributed by atoms with Crippen molar-refractivity contribution in [2.45, 2.75) is 11.8 Å². The number of nitrogens with zero attached hydrogens (tertiary/aromatic N) is 1. The Morgan fingerprint density at radius 2 is 2.00 bits per heavy atom. The number of aryl methyl sites for hydroxylation is 1. The van der Waals surface area contributed by atoms with E-state index in [0.29, 0.717) is 36.1 Å². The van der Waals surface area contributed by atoms with E-state index >= 15 is 0 Å². The van der Waals surface area contributed by atoms with Crippen molar-refractivity contribution in [3.8, 4) is 0 Å². The molecular formula is C13H15ClN2O2S2. The summed E-state index contributed by atoms with van der Waals surface area (Å²) in [5.74, 6) is 0. The first-order valence-corrected chi connectivity index (χ1v) is 9.03. The molecule has 1 saturated heterocycles. The average molecular weight is 331 g/mol. The van der Waals surface area contributed by atoms with Crippen molar-refractivity contribution in [3.63, 3.8) is 0 Å². The Kier molecular flexibility index (Phi) is 3.77. The van der Waals surface area contributed by atoms with Crippen molar-refractivity contribution >= 4 is 43.0 Å². The molecule has 1 fully saturated rings. The molecule has 1 N–H and O–H groups in total. The highest BCUT2D eigenvalue weighted by atomic mass is 35.5. The zero-order valence-electron chi connectivity index (χ0n) is 11.0. The quantitative estimate of drug-likeness (QED) is 0.920. The van der Waals surface area contributed by atoms with Crippen LogP contribution < -0.4 is 5.32 Å². The third-order valence-corrected chi connectivity index (χ3v) is 6.98. The van der Waals surface area contributed by atoms with Crippen molar-refractivity contribution in [2.24, 2.45) is 0 Å². The van der Waals surface area contributed by atoms with E-state index in [1.165, 1.54) is 11.3 Å². The highest BCUT2D eigenvalue weighted by Gasteiger charge is 2.30. The third-order valence-electron chi connectivity index (χ3n) is 3.44. The fourth-order valence-electron chi connectivity index (χ4n) is 2.50. The molecule has 108 valence electrons. The minimum Gasteiger partial charge on any atom is -0.314 e. The van der Waals surface area contributed by atoms with Gasteiger partial charge >= 0.3 is 0 Å². The Bertz CT molecular complexity index is 749. The van der Waals surface area contributed by atoms with Crippen molar-refractivity contribution in [3.05, 3.63) is 28.1 Å². The lowest BCUT2D eigenvalue weighted by atomic mass is 10.2. The Labute approximate surface area is 127 Å². The Morgan fingerprint density at radius 3 is 2.70 bits per heavy atom. The number of nitrogens with one attached hydrogen (secondary N) is 1. The van der Waals surface area contributed by atoms with E-state index in [-0.39, 0.29) is 0 Å². The average Bonchev–Trinajstić information content (AvgIpc) is 2.75. The van der Waals surface area contributed by atoms with Crippen LogP contribution in [0.15, 0.2) is 23.1 Å². The Balaban J connectivity index is 2.17. The standard InChI is InChI=1S/C13H15ClN2O2S2/c1-9-13(11-8-10(14)2-3-12(11)19-9)20(17,18)16-6-4-15-5-7-16/h2-3,8,15H,4-7H2,1H3. The van der Waals surface area contributed by atoms with Gasteiger partial charge in [-0.05, 0) is 25.1 Å². The predicted molar refractivity (Wildman–Crippen MR) is 83.2 cm³/mol. The lowest BCUT2D eigenvalue weighted by Crippen LogP contribution is -2.46. The van der Waals surface area contributed by atoms with E-state index < -0.39 is 10.0 Å². The molecule has 0 unspecified atom stereocenters. The van der Waals surface area contributed by atoms with Crippen LogP contribution in [0.1, 0.15) is 4.88 Å². The topological polar surface area (TPSA) is 49.4 Å².